The number of urea groups is 1. The van der Waals surface area contributed by atoms with Gasteiger partial charge in [-0.15, -0.1) is 0 Å². The number of rotatable bonds is 3. The standard InChI is InChI=1S/C17H18N2O2/c20-17(18-14-7-3-1-4-8-14)19-12-11-16(13-19)21-15-9-5-2-6-10-15/h1-10,16H,11-13H2,(H,18,20). The fourth-order valence-electron chi connectivity index (χ4n) is 2.42. The minimum Gasteiger partial charge on any atom is -0.489 e. The molecule has 4 heteroatoms. The normalized spacial score (nSPS) is 17.5. The molecule has 0 spiro atoms. The molecule has 1 fully saturated rings. The lowest BCUT2D eigenvalue weighted by Crippen LogP contribution is -2.34. The quantitative estimate of drug-likeness (QED) is 0.937. The van der Waals surface area contributed by atoms with Gasteiger partial charge in [-0.25, -0.2) is 4.79 Å². The van der Waals surface area contributed by atoms with Crippen molar-refractivity contribution in [3.8, 4) is 5.75 Å². The minimum absolute atomic E-state index is 0.0638. The summed E-state index contributed by atoms with van der Waals surface area (Å²) < 4.78 is 5.88. The molecule has 1 unspecified atom stereocenters. The average Bonchev–Trinajstić information content (AvgIpc) is 2.98. The number of ether oxygens (including phenoxy) is 1. The van der Waals surface area contributed by atoms with E-state index in [1.165, 1.54) is 0 Å². The van der Waals surface area contributed by atoms with E-state index in [4.69, 9.17) is 4.74 Å². The monoisotopic (exact) mass is 282 g/mol. The zero-order valence-electron chi connectivity index (χ0n) is 11.7. The van der Waals surface area contributed by atoms with E-state index in [1.54, 1.807) is 4.90 Å². The molecule has 0 saturated carbocycles. The predicted octanol–water partition coefficient (Wildman–Crippen LogP) is 3.37. The molecule has 2 aromatic rings. The molecule has 0 aromatic heterocycles. The number of anilines is 1. The van der Waals surface area contributed by atoms with Crippen LogP contribution in [0, 0.1) is 0 Å². The van der Waals surface area contributed by atoms with Crippen LogP contribution >= 0.6 is 0 Å². The van der Waals surface area contributed by atoms with Crippen molar-refractivity contribution in [3.63, 3.8) is 0 Å². The zero-order chi connectivity index (χ0) is 14.5. The number of benzene rings is 2. The Bertz CT molecular complexity index is 586. The van der Waals surface area contributed by atoms with Gasteiger partial charge >= 0.3 is 6.03 Å². The first-order valence-electron chi connectivity index (χ1n) is 7.14. The maximum Gasteiger partial charge on any atom is 0.321 e. The van der Waals surface area contributed by atoms with E-state index in [2.05, 4.69) is 5.32 Å². The molecular formula is C17H18N2O2. The smallest absolute Gasteiger partial charge is 0.321 e. The maximum absolute atomic E-state index is 12.2. The van der Waals surface area contributed by atoms with Crippen LogP contribution in [0.5, 0.6) is 5.75 Å². The van der Waals surface area contributed by atoms with Crippen LogP contribution in [0.3, 0.4) is 0 Å². The van der Waals surface area contributed by atoms with Crippen LogP contribution in [0.4, 0.5) is 10.5 Å². The second-order valence-electron chi connectivity index (χ2n) is 5.08. The van der Waals surface area contributed by atoms with Gasteiger partial charge in [0.15, 0.2) is 0 Å². The van der Waals surface area contributed by atoms with Gasteiger partial charge in [0.05, 0.1) is 6.54 Å². The van der Waals surface area contributed by atoms with Gasteiger partial charge < -0.3 is 15.0 Å². The lowest BCUT2D eigenvalue weighted by molar-refractivity contribution is 0.195. The molecule has 1 aliphatic heterocycles. The van der Waals surface area contributed by atoms with Crippen molar-refractivity contribution in [1.82, 2.24) is 4.90 Å². The fourth-order valence-corrected chi connectivity index (χ4v) is 2.42. The van der Waals surface area contributed by atoms with Gasteiger partial charge in [-0.05, 0) is 24.3 Å². The predicted molar refractivity (Wildman–Crippen MR) is 82.5 cm³/mol. The summed E-state index contributed by atoms with van der Waals surface area (Å²) in [6.45, 7) is 1.34. The number of hydrogen-bond donors (Lipinski definition) is 1. The lowest BCUT2D eigenvalue weighted by Gasteiger charge is -2.18. The van der Waals surface area contributed by atoms with Crippen LogP contribution in [-0.4, -0.2) is 30.1 Å². The number of para-hydroxylation sites is 2. The Labute approximate surface area is 124 Å². The Morgan fingerprint density at radius 3 is 2.43 bits per heavy atom. The maximum atomic E-state index is 12.2. The van der Waals surface area contributed by atoms with Crippen LogP contribution in [0.1, 0.15) is 6.42 Å². The van der Waals surface area contributed by atoms with Crippen LogP contribution in [0.2, 0.25) is 0 Å². The molecule has 2 aromatic carbocycles. The number of likely N-dealkylation sites (tertiary alicyclic amines) is 1. The van der Waals surface area contributed by atoms with Crippen molar-refractivity contribution in [3.05, 3.63) is 60.7 Å². The van der Waals surface area contributed by atoms with E-state index in [0.29, 0.717) is 6.54 Å². The third-order valence-corrected chi connectivity index (χ3v) is 3.50. The molecule has 2 amide bonds. The van der Waals surface area contributed by atoms with Gasteiger partial charge in [0.1, 0.15) is 11.9 Å². The first kappa shape index (κ1) is 13.5. The summed E-state index contributed by atoms with van der Waals surface area (Å²) in [5, 5.41) is 2.90. The summed E-state index contributed by atoms with van der Waals surface area (Å²) in [6.07, 6.45) is 0.922. The average molecular weight is 282 g/mol. The van der Waals surface area contributed by atoms with Gasteiger partial charge in [0.2, 0.25) is 0 Å². The molecule has 0 bridgehead atoms. The summed E-state index contributed by atoms with van der Waals surface area (Å²) in [7, 11) is 0. The van der Waals surface area contributed by atoms with Crippen LogP contribution in [-0.2, 0) is 0 Å². The van der Waals surface area contributed by atoms with Crippen molar-refractivity contribution in [1.29, 1.82) is 0 Å². The highest BCUT2D eigenvalue weighted by molar-refractivity contribution is 5.89. The van der Waals surface area contributed by atoms with Gasteiger partial charge in [0, 0.05) is 18.7 Å². The minimum atomic E-state index is -0.0691. The molecule has 108 valence electrons. The van der Waals surface area contributed by atoms with Crippen molar-refractivity contribution >= 4 is 11.7 Å². The molecule has 1 N–H and O–H groups in total. The molecule has 0 radical (unpaired) electrons. The summed E-state index contributed by atoms with van der Waals surface area (Å²) in [6, 6.07) is 19.2. The molecule has 1 saturated heterocycles. The Morgan fingerprint density at radius 2 is 1.71 bits per heavy atom. The Balaban J connectivity index is 1.53. The van der Waals surface area contributed by atoms with Gasteiger partial charge in [-0.3, -0.25) is 0 Å². The first-order valence-corrected chi connectivity index (χ1v) is 7.14. The molecule has 1 heterocycles. The SMILES string of the molecule is O=C(Nc1ccccc1)N1CCC(Oc2ccccc2)C1. The molecule has 21 heavy (non-hydrogen) atoms. The largest absolute Gasteiger partial charge is 0.489 e. The number of nitrogens with zero attached hydrogens (tertiary/aromatic N) is 1. The fraction of sp³-hybridized carbons (Fsp3) is 0.235. The Morgan fingerprint density at radius 1 is 1.05 bits per heavy atom. The van der Waals surface area contributed by atoms with Crippen LogP contribution < -0.4 is 10.1 Å². The second-order valence-corrected chi connectivity index (χ2v) is 5.08. The van der Waals surface area contributed by atoms with E-state index in [0.717, 1.165) is 24.4 Å². The highest BCUT2D eigenvalue weighted by Crippen LogP contribution is 2.18. The van der Waals surface area contributed by atoms with Crippen molar-refractivity contribution in [2.24, 2.45) is 0 Å². The molecule has 3 rings (SSSR count). The third-order valence-electron chi connectivity index (χ3n) is 3.50. The highest BCUT2D eigenvalue weighted by Gasteiger charge is 2.27. The van der Waals surface area contributed by atoms with Crippen LogP contribution in [0.25, 0.3) is 0 Å². The van der Waals surface area contributed by atoms with Crippen molar-refractivity contribution in [2.45, 2.75) is 12.5 Å². The van der Waals surface area contributed by atoms with E-state index < -0.39 is 0 Å². The second kappa shape index (κ2) is 6.31. The van der Waals surface area contributed by atoms with Gasteiger partial charge in [0.25, 0.3) is 0 Å². The number of carbonyl (C=O) groups excluding carboxylic acids is 1. The third kappa shape index (κ3) is 3.54. The topological polar surface area (TPSA) is 41.6 Å². The van der Waals surface area contributed by atoms with E-state index in [1.807, 2.05) is 60.7 Å². The van der Waals surface area contributed by atoms with E-state index in [9.17, 15) is 4.79 Å². The Kier molecular flexibility index (Phi) is 4.05. The summed E-state index contributed by atoms with van der Waals surface area (Å²) in [5.74, 6) is 0.854. The number of carbonyl (C=O) groups is 1. The lowest BCUT2D eigenvalue weighted by atomic mass is 10.3. The molecule has 1 atom stereocenters. The van der Waals surface area contributed by atoms with Gasteiger partial charge in [-0.2, -0.15) is 0 Å². The number of amides is 2. The van der Waals surface area contributed by atoms with Gasteiger partial charge in [-0.1, -0.05) is 36.4 Å². The number of hydrogen-bond acceptors (Lipinski definition) is 2. The number of nitrogens with one attached hydrogen (secondary N) is 1. The highest BCUT2D eigenvalue weighted by atomic mass is 16.5. The first-order chi connectivity index (χ1) is 10.3. The van der Waals surface area contributed by atoms with Crippen molar-refractivity contribution in [2.75, 3.05) is 18.4 Å². The summed E-state index contributed by atoms with van der Waals surface area (Å²) in [4.78, 5) is 14.0. The Hall–Kier alpha value is -2.49. The molecule has 0 aliphatic carbocycles. The molecule has 1 aliphatic rings. The zero-order valence-corrected chi connectivity index (χ0v) is 11.7. The van der Waals surface area contributed by atoms with Crippen molar-refractivity contribution < 1.29 is 9.53 Å². The summed E-state index contributed by atoms with van der Waals surface area (Å²) >= 11 is 0. The molecule has 4 nitrogen and oxygen atoms in total. The summed E-state index contributed by atoms with van der Waals surface area (Å²) in [5.41, 5.74) is 0.815. The van der Waals surface area contributed by atoms with E-state index in [-0.39, 0.29) is 12.1 Å². The van der Waals surface area contributed by atoms with E-state index >= 15 is 0 Å². The molecular weight excluding hydrogens is 264 g/mol. The van der Waals surface area contributed by atoms with Crippen LogP contribution in [0.15, 0.2) is 60.7 Å².